The molecule has 0 aliphatic carbocycles. The molecule has 204 valence electrons. The average molecular weight is 569 g/mol. The number of carbonyl (C=O) groups excluding carboxylic acids is 2. The molecular weight excluding hydrogens is 540 g/mol. The van der Waals surface area contributed by atoms with Crippen LogP contribution in [-0.2, 0) is 19.1 Å². The van der Waals surface area contributed by atoms with Gasteiger partial charge in [-0.05, 0) is 76.1 Å². The van der Waals surface area contributed by atoms with Gasteiger partial charge in [-0.3, -0.25) is 9.36 Å². The van der Waals surface area contributed by atoms with Crippen LogP contribution in [0.5, 0.6) is 5.75 Å². The van der Waals surface area contributed by atoms with Crippen LogP contribution in [0.2, 0.25) is 5.02 Å². The summed E-state index contributed by atoms with van der Waals surface area (Å²) in [5.74, 6) is -0.459. The summed E-state index contributed by atoms with van der Waals surface area (Å²) in [6.45, 7) is 8.92. The molecule has 8 nitrogen and oxygen atoms in total. The minimum atomic E-state index is -0.743. The predicted molar refractivity (Wildman–Crippen MR) is 150 cm³/mol. The topological polar surface area (TPSA) is 96.2 Å². The lowest BCUT2D eigenvalue weighted by molar-refractivity contribution is -0.150. The Morgan fingerprint density at radius 1 is 1.10 bits per heavy atom. The highest BCUT2D eigenvalue weighted by atomic mass is 35.5. The number of hydrogen-bond donors (Lipinski definition) is 0. The lowest BCUT2D eigenvalue weighted by atomic mass is 9.96. The van der Waals surface area contributed by atoms with Crippen molar-refractivity contribution < 1.29 is 23.8 Å². The lowest BCUT2D eigenvalue weighted by Crippen LogP contribution is -2.40. The van der Waals surface area contributed by atoms with Gasteiger partial charge in [0.1, 0.15) is 5.75 Å². The number of halogens is 1. The first kappa shape index (κ1) is 28.3. The monoisotopic (exact) mass is 568 g/mol. The third-order valence-corrected chi connectivity index (χ3v) is 7.11. The number of ether oxygens (including phenoxy) is 3. The van der Waals surface area contributed by atoms with Crippen molar-refractivity contribution in [2.75, 3.05) is 6.61 Å². The molecule has 2 atom stereocenters. The van der Waals surface area contributed by atoms with Gasteiger partial charge in [0.25, 0.3) is 5.56 Å². The van der Waals surface area contributed by atoms with Gasteiger partial charge in [-0.15, -0.1) is 0 Å². The van der Waals surface area contributed by atoms with Crippen molar-refractivity contribution in [1.82, 2.24) is 4.57 Å². The minimum Gasteiger partial charge on any atom is -0.479 e. The third-order valence-electron chi connectivity index (χ3n) is 5.88. The Labute approximate surface area is 234 Å². The van der Waals surface area contributed by atoms with E-state index in [0.717, 1.165) is 5.56 Å². The first-order valence-electron chi connectivity index (χ1n) is 12.5. The standard InChI is InChI=1S/C29H29ClN2O6S/c1-6-36-27(34)18(5)38-22-13-7-19(8-14-22)15-23-26(33)32-25(20-9-11-21(30)12-10-20)24(28(35)37-16(2)3)17(4)31-29(32)39-23/h7-16,18,25H,6H2,1-5H3. The normalized spacial score (nSPS) is 16.0. The highest BCUT2D eigenvalue weighted by molar-refractivity contribution is 7.07. The van der Waals surface area contributed by atoms with Gasteiger partial charge >= 0.3 is 11.9 Å². The highest BCUT2D eigenvalue weighted by Crippen LogP contribution is 2.31. The summed E-state index contributed by atoms with van der Waals surface area (Å²) in [7, 11) is 0. The van der Waals surface area contributed by atoms with Gasteiger partial charge in [0.15, 0.2) is 10.9 Å². The second-order valence-corrected chi connectivity index (χ2v) is 10.6. The molecule has 0 N–H and O–H groups in total. The molecule has 0 radical (unpaired) electrons. The fourth-order valence-electron chi connectivity index (χ4n) is 4.13. The summed E-state index contributed by atoms with van der Waals surface area (Å²) in [5, 5.41) is 0.544. The van der Waals surface area contributed by atoms with Gasteiger partial charge in [-0.25, -0.2) is 14.6 Å². The van der Waals surface area contributed by atoms with Gasteiger partial charge in [0.05, 0.1) is 34.6 Å². The molecule has 0 saturated carbocycles. The molecule has 0 saturated heterocycles. The van der Waals surface area contributed by atoms with E-state index in [0.29, 0.717) is 36.9 Å². The largest absolute Gasteiger partial charge is 0.479 e. The fourth-order valence-corrected chi connectivity index (χ4v) is 5.30. The smallest absolute Gasteiger partial charge is 0.347 e. The van der Waals surface area contributed by atoms with E-state index in [1.807, 2.05) is 0 Å². The van der Waals surface area contributed by atoms with E-state index in [-0.39, 0.29) is 18.3 Å². The second-order valence-electron chi connectivity index (χ2n) is 9.17. The SMILES string of the molecule is CCOC(=O)C(C)Oc1ccc(C=c2sc3n(c2=O)C(c2ccc(Cl)cc2)C(C(=O)OC(C)C)=C(C)N=3)cc1. The zero-order valence-corrected chi connectivity index (χ0v) is 23.8. The summed E-state index contributed by atoms with van der Waals surface area (Å²) >= 11 is 7.35. The van der Waals surface area contributed by atoms with Gasteiger partial charge in [0, 0.05) is 5.02 Å². The lowest BCUT2D eigenvalue weighted by Gasteiger charge is -2.25. The van der Waals surface area contributed by atoms with Gasteiger partial charge < -0.3 is 14.2 Å². The molecule has 2 aromatic carbocycles. The van der Waals surface area contributed by atoms with Crippen LogP contribution in [0.25, 0.3) is 6.08 Å². The second kappa shape index (κ2) is 12.0. The van der Waals surface area contributed by atoms with Crippen LogP contribution in [0.4, 0.5) is 0 Å². The zero-order valence-electron chi connectivity index (χ0n) is 22.3. The van der Waals surface area contributed by atoms with Crippen LogP contribution >= 0.6 is 22.9 Å². The highest BCUT2D eigenvalue weighted by Gasteiger charge is 2.33. The molecule has 39 heavy (non-hydrogen) atoms. The van der Waals surface area contributed by atoms with E-state index in [4.69, 9.17) is 25.8 Å². The summed E-state index contributed by atoms with van der Waals surface area (Å²) in [5.41, 5.74) is 1.99. The molecule has 3 aromatic rings. The Balaban J connectivity index is 1.74. The summed E-state index contributed by atoms with van der Waals surface area (Å²) in [4.78, 5) is 43.8. The molecular formula is C29H29ClN2O6S. The summed E-state index contributed by atoms with van der Waals surface area (Å²) < 4.78 is 18.1. The van der Waals surface area contributed by atoms with Crippen molar-refractivity contribution in [1.29, 1.82) is 0 Å². The Morgan fingerprint density at radius 2 is 1.77 bits per heavy atom. The number of esters is 2. The molecule has 1 aliphatic rings. The first-order valence-corrected chi connectivity index (χ1v) is 13.7. The van der Waals surface area contributed by atoms with Crippen LogP contribution < -0.4 is 19.6 Å². The maximum atomic E-state index is 13.7. The zero-order chi connectivity index (χ0) is 28.3. The number of thiazole rings is 1. The number of hydrogen-bond acceptors (Lipinski definition) is 8. The van der Waals surface area contributed by atoms with Crippen molar-refractivity contribution >= 4 is 41.0 Å². The molecule has 1 aliphatic heterocycles. The number of aromatic nitrogens is 1. The van der Waals surface area contributed by atoms with E-state index in [1.54, 1.807) is 89.2 Å². The molecule has 1 aromatic heterocycles. The van der Waals surface area contributed by atoms with Crippen molar-refractivity contribution in [2.45, 2.75) is 52.9 Å². The van der Waals surface area contributed by atoms with Crippen molar-refractivity contribution in [2.24, 2.45) is 4.99 Å². The van der Waals surface area contributed by atoms with Crippen LogP contribution in [-0.4, -0.2) is 35.3 Å². The number of benzene rings is 2. The van der Waals surface area contributed by atoms with E-state index in [2.05, 4.69) is 4.99 Å². The van der Waals surface area contributed by atoms with Gasteiger partial charge in [-0.2, -0.15) is 0 Å². The van der Waals surface area contributed by atoms with Crippen molar-refractivity contribution in [3.05, 3.63) is 95.6 Å². The van der Waals surface area contributed by atoms with Crippen LogP contribution in [0.15, 0.2) is 69.6 Å². The molecule has 4 rings (SSSR count). The van der Waals surface area contributed by atoms with E-state index >= 15 is 0 Å². The summed E-state index contributed by atoms with van der Waals surface area (Å²) in [6, 6.07) is 13.3. The number of allylic oxidation sites excluding steroid dienone is 1. The molecule has 0 fully saturated rings. The predicted octanol–water partition coefficient (Wildman–Crippen LogP) is 4.17. The van der Waals surface area contributed by atoms with Crippen molar-refractivity contribution in [3.8, 4) is 5.75 Å². The first-order chi connectivity index (χ1) is 18.6. The maximum absolute atomic E-state index is 13.7. The number of rotatable bonds is 8. The minimum absolute atomic E-state index is 0.279. The average Bonchev–Trinajstić information content (AvgIpc) is 3.18. The third kappa shape index (κ3) is 6.32. The molecule has 0 spiro atoms. The number of carbonyl (C=O) groups is 2. The van der Waals surface area contributed by atoms with Gasteiger partial charge in [0.2, 0.25) is 0 Å². The Morgan fingerprint density at radius 3 is 2.38 bits per heavy atom. The molecule has 0 bridgehead atoms. The van der Waals surface area contributed by atoms with E-state index < -0.39 is 24.1 Å². The van der Waals surface area contributed by atoms with E-state index in [9.17, 15) is 14.4 Å². The van der Waals surface area contributed by atoms with Crippen LogP contribution in [0, 0.1) is 0 Å². The quantitative estimate of drug-likeness (QED) is 0.378. The van der Waals surface area contributed by atoms with Gasteiger partial charge in [-0.1, -0.05) is 47.2 Å². The summed E-state index contributed by atoms with van der Waals surface area (Å²) in [6.07, 6.45) is 0.680. The number of nitrogens with zero attached hydrogens (tertiary/aromatic N) is 2. The molecule has 0 amide bonds. The maximum Gasteiger partial charge on any atom is 0.347 e. The Bertz CT molecular complexity index is 1590. The Kier molecular flexibility index (Phi) is 8.72. The fraction of sp³-hybridized carbons (Fsp3) is 0.310. The molecule has 2 unspecified atom stereocenters. The Hall–Kier alpha value is -3.69. The molecule has 10 heteroatoms. The van der Waals surface area contributed by atoms with E-state index in [1.165, 1.54) is 15.9 Å². The van der Waals surface area contributed by atoms with Crippen LogP contribution in [0.1, 0.15) is 51.8 Å². The van der Waals surface area contributed by atoms with Crippen molar-refractivity contribution in [3.63, 3.8) is 0 Å². The molecule has 2 heterocycles. The van der Waals surface area contributed by atoms with Crippen LogP contribution in [0.3, 0.4) is 0 Å². The number of fused-ring (bicyclic) bond motifs is 1.